The summed E-state index contributed by atoms with van der Waals surface area (Å²) in [5.74, 6) is -0.343. The SMILES string of the molecule is O=C(O)COc1cccc(I)c1I. The molecule has 5 heteroatoms. The summed E-state index contributed by atoms with van der Waals surface area (Å²) >= 11 is 4.30. The Kier molecular flexibility index (Phi) is 4.23. The van der Waals surface area contributed by atoms with E-state index in [9.17, 15) is 4.79 Å². The highest BCUT2D eigenvalue weighted by Crippen LogP contribution is 2.25. The molecule has 1 aromatic carbocycles. The van der Waals surface area contributed by atoms with E-state index in [0.29, 0.717) is 5.75 Å². The van der Waals surface area contributed by atoms with Crippen LogP contribution in [0, 0.1) is 7.14 Å². The van der Waals surface area contributed by atoms with Crippen molar-refractivity contribution in [2.75, 3.05) is 6.61 Å². The van der Waals surface area contributed by atoms with Crippen molar-refractivity contribution in [3.63, 3.8) is 0 Å². The Morgan fingerprint density at radius 2 is 2.15 bits per heavy atom. The van der Waals surface area contributed by atoms with Gasteiger partial charge < -0.3 is 9.84 Å². The predicted molar refractivity (Wildman–Crippen MR) is 65.0 cm³/mol. The molecule has 0 saturated carbocycles. The minimum absolute atomic E-state index is 0.296. The smallest absolute Gasteiger partial charge is 0.341 e. The van der Waals surface area contributed by atoms with Crippen molar-refractivity contribution in [2.45, 2.75) is 0 Å². The van der Waals surface area contributed by atoms with E-state index in [1.54, 1.807) is 6.07 Å². The Balaban J connectivity index is 2.77. The van der Waals surface area contributed by atoms with Crippen LogP contribution in [-0.4, -0.2) is 17.7 Å². The van der Waals surface area contributed by atoms with Gasteiger partial charge in [0.05, 0.1) is 3.57 Å². The fourth-order valence-electron chi connectivity index (χ4n) is 0.735. The van der Waals surface area contributed by atoms with Gasteiger partial charge in [0.1, 0.15) is 5.75 Å². The summed E-state index contributed by atoms with van der Waals surface area (Å²) in [4.78, 5) is 10.2. The second kappa shape index (κ2) is 4.99. The fraction of sp³-hybridized carbons (Fsp3) is 0.125. The number of hydrogen-bond acceptors (Lipinski definition) is 2. The molecule has 1 N–H and O–H groups in total. The van der Waals surface area contributed by atoms with E-state index in [1.807, 2.05) is 12.1 Å². The molecule has 0 aliphatic heterocycles. The molecule has 0 unspecified atom stereocenters. The van der Waals surface area contributed by atoms with Gasteiger partial charge >= 0.3 is 5.97 Å². The number of carboxylic acid groups (broad SMARTS) is 1. The van der Waals surface area contributed by atoms with Gasteiger partial charge in [0.15, 0.2) is 6.61 Å². The van der Waals surface area contributed by atoms with Crippen LogP contribution in [-0.2, 0) is 4.79 Å². The monoisotopic (exact) mass is 404 g/mol. The summed E-state index contributed by atoms with van der Waals surface area (Å²) in [6.45, 7) is -0.296. The molecule has 1 rings (SSSR count). The maximum absolute atomic E-state index is 10.2. The second-order valence-electron chi connectivity index (χ2n) is 2.23. The molecule has 0 aliphatic carbocycles. The number of carboxylic acids is 1. The molecular weight excluding hydrogens is 398 g/mol. The van der Waals surface area contributed by atoms with Crippen LogP contribution >= 0.6 is 45.2 Å². The van der Waals surface area contributed by atoms with Gasteiger partial charge in [-0.3, -0.25) is 0 Å². The van der Waals surface area contributed by atoms with E-state index in [0.717, 1.165) is 7.14 Å². The average Bonchev–Trinajstić information content (AvgIpc) is 2.07. The quantitative estimate of drug-likeness (QED) is 0.788. The number of hydrogen-bond donors (Lipinski definition) is 1. The van der Waals surface area contributed by atoms with Gasteiger partial charge in [0.25, 0.3) is 0 Å². The van der Waals surface area contributed by atoms with Crippen LogP contribution in [0.2, 0.25) is 0 Å². The molecule has 1 aromatic rings. The van der Waals surface area contributed by atoms with Crippen molar-refractivity contribution < 1.29 is 14.6 Å². The van der Waals surface area contributed by atoms with E-state index in [2.05, 4.69) is 45.2 Å². The minimum Gasteiger partial charge on any atom is -0.481 e. The van der Waals surface area contributed by atoms with Crippen LogP contribution in [0.15, 0.2) is 18.2 Å². The molecule has 0 radical (unpaired) electrons. The lowest BCUT2D eigenvalue weighted by molar-refractivity contribution is -0.139. The van der Waals surface area contributed by atoms with E-state index in [4.69, 9.17) is 9.84 Å². The number of halogens is 2. The lowest BCUT2D eigenvalue weighted by atomic mass is 10.3. The molecular formula is C8H6I2O3. The molecule has 3 nitrogen and oxygen atoms in total. The summed E-state index contributed by atoms with van der Waals surface area (Å²) in [5.41, 5.74) is 0. The molecule has 0 heterocycles. The Bertz CT molecular complexity index is 325. The molecule has 0 aromatic heterocycles. The molecule has 70 valence electrons. The number of carbonyl (C=O) groups is 1. The average molecular weight is 404 g/mol. The van der Waals surface area contributed by atoms with Crippen molar-refractivity contribution in [2.24, 2.45) is 0 Å². The minimum atomic E-state index is -0.963. The molecule has 0 bridgehead atoms. The third-order valence-corrected chi connectivity index (χ3v) is 4.31. The van der Waals surface area contributed by atoms with Crippen molar-refractivity contribution in [1.82, 2.24) is 0 Å². The van der Waals surface area contributed by atoms with E-state index >= 15 is 0 Å². The number of aliphatic carboxylic acids is 1. The molecule has 0 spiro atoms. The van der Waals surface area contributed by atoms with Crippen LogP contribution in [0.1, 0.15) is 0 Å². The first-order valence-corrected chi connectivity index (χ1v) is 5.55. The van der Waals surface area contributed by atoms with Crippen molar-refractivity contribution in [1.29, 1.82) is 0 Å². The zero-order chi connectivity index (χ0) is 9.84. The van der Waals surface area contributed by atoms with Crippen LogP contribution in [0.25, 0.3) is 0 Å². The lowest BCUT2D eigenvalue weighted by Crippen LogP contribution is -2.10. The number of ether oxygens (including phenoxy) is 1. The Morgan fingerprint density at radius 1 is 1.46 bits per heavy atom. The summed E-state index contributed by atoms with van der Waals surface area (Å²) < 4.78 is 7.07. The van der Waals surface area contributed by atoms with Crippen molar-refractivity contribution in [3.05, 3.63) is 25.3 Å². The normalized spacial score (nSPS) is 9.69. The zero-order valence-electron chi connectivity index (χ0n) is 6.46. The summed E-state index contributed by atoms with van der Waals surface area (Å²) in [7, 11) is 0. The zero-order valence-corrected chi connectivity index (χ0v) is 10.8. The molecule has 0 atom stereocenters. The van der Waals surface area contributed by atoms with Crippen molar-refractivity contribution in [3.8, 4) is 5.75 Å². The Hall–Kier alpha value is -0.0500. The number of rotatable bonds is 3. The first-order chi connectivity index (χ1) is 6.11. The highest BCUT2D eigenvalue weighted by Gasteiger charge is 2.05. The maximum Gasteiger partial charge on any atom is 0.341 e. The predicted octanol–water partition coefficient (Wildman–Crippen LogP) is 2.36. The first-order valence-electron chi connectivity index (χ1n) is 3.40. The highest BCUT2D eigenvalue weighted by molar-refractivity contribution is 14.1. The molecule has 0 amide bonds. The van der Waals surface area contributed by atoms with Crippen LogP contribution < -0.4 is 4.74 Å². The Labute approximate surface area is 103 Å². The van der Waals surface area contributed by atoms with E-state index in [1.165, 1.54) is 0 Å². The lowest BCUT2D eigenvalue weighted by Gasteiger charge is -2.06. The summed E-state index contributed by atoms with van der Waals surface area (Å²) in [6, 6.07) is 5.53. The van der Waals surface area contributed by atoms with Gasteiger partial charge in [0.2, 0.25) is 0 Å². The third-order valence-electron chi connectivity index (χ3n) is 1.27. The number of benzene rings is 1. The topological polar surface area (TPSA) is 46.5 Å². The second-order valence-corrected chi connectivity index (χ2v) is 4.48. The maximum atomic E-state index is 10.2. The largest absolute Gasteiger partial charge is 0.481 e. The van der Waals surface area contributed by atoms with Gasteiger partial charge in [-0.25, -0.2) is 4.79 Å². The molecule has 0 saturated heterocycles. The van der Waals surface area contributed by atoms with Crippen LogP contribution in [0.3, 0.4) is 0 Å². The van der Waals surface area contributed by atoms with Gasteiger partial charge in [-0.2, -0.15) is 0 Å². The summed E-state index contributed by atoms with van der Waals surface area (Å²) in [6.07, 6.45) is 0. The van der Waals surface area contributed by atoms with Crippen LogP contribution in [0.4, 0.5) is 0 Å². The first kappa shape index (κ1) is 11.0. The van der Waals surface area contributed by atoms with Gasteiger partial charge in [-0.05, 0) is 57.3 Å². The molecule has 0 aliphatic rings. The summed E-state index contributed by atoms with van der Waals surface area (Å²) in [5, 5.41) is 8.41. The van der Waals surface area contributed by atoms with Gasteiger partial charge in [0, 0.05) is 3.57 Å². The highest BCUT2D eigenvalue weighted by atomic mass is 127. The molecule has 0 fully saturated rings. The van der Waals surface area contributed by atoms with Gasteiger partial charge in [-0.1, -0.05) is 6.07 Å². The van der Waals surface area contributed by atoms with E-state index < -0.39 is 5.97 Å². The van der Waals surface area contributed by atoms with Crippen LogP contribution in [0.5, 0.6) is 5.75 Å². The van der Waals surface area contributed by atoms with Gasteiger partial charge in [-0.15, -0.1) is 0 Å². The third kappa shape index (κ3) is 3.29. The van der Waals surface area contributed by atoms with E-state index in [-0.39, 0.29) is 6.61 Å². The Morgan fingerprint density at radius 3 is 2.77 bits per heavy atom. The fourth-order valence-corrected chi connectivity index (χ4v) is 1.72. The molecule has 13 heavy (non-hydrogen) atoms. The van der Waals surface area contributed by atoms with Crippen molar-refractivity contribution >= 4 is 51.2 Å². The standard InChI is InChI=1S/C8H6I2O3/c9-5-2-1-3-6(8(5)10)13-4-7(11)12/h1-3H,4H2,(H,11,12).